The van der Waals surface area contributed by atoms with Gasteiger partial charge in [-0.15, -0.1) is 0 Å². The average molecular weight is 441 g/mol. The summed E-state index contributed by atoms with van der Waals surface area (Å²) in [4.78, 5) is 9.60. The number of benzene rings is 2. The molecule has 2 heterocycles. The van der Waals surface area contributed by atoms with E-state index in [-0.39, 0.29) is 0 Å². The van der Waals surface area contributed by atoms with Crippen LogP contribution in [0.3, 0.4) is 0 Å². The maximum atomic E-state index is 5.98. The van der Waals surface area contributed by atoms with Crippen LogP contribution in [-0.2, 0) is 11.4 Å². The summed E-state index contributed by atoms with van der Waals surface area (Å²) >= 11 is 0. The van der Waals surface area contributed by atoms with Crippen molar-refractivity contribution >= 4 is 11.9 Å². The van der Waals surface area contributed by atoms with E-state index < -0.39 is 0 Å². The molecule has 2 aromatic heterocycles. The second-order valence-electron chi connectivity index (χ2n) is 8.44. The molecule has 1 fully saturated rings. The lowest BCUT2D eigenvalue weighted by Crippen LogP contribution is -2.12. The Labute approximate surface area is 193 Å². The smallest absolute Gasteiger partial charge is 0.164 e. The molecular formula is C27H28N4O2. The molecule has 4 aromatic rings. The minimum absolute atomic E-state index is 0.459. The van der Waals surface area contributed by atoms with Crippen molar-refractivity contribution in [2.75, 3.05) is 7.11 Å². The van der Waals surface area contributed by atoms with Crippen LogP contribution in [0.4, 0.5) is 0 Å². The van der Waals surface area contributed by atoms with Gasteiger partial charge in [-0.1, -0.05) is 66.9 Å². The monoisotopic (exact) mass is 440 g/mol. The summed E-state index contributed by atoms with van der Waals surface area (Å²) in [5.74, 6) is 1.31. The Kier molecular flexibility index (Phi) is 6.33. The predicted octanol–water partition coefficient (Wildman–Crippen LogP) is 6.00. The van der Waals surface area contributed by atoms with Gasteiger partial charge in [0.25, 0.3) is 0 Å². The Morgan fingerprint density at radius 2 is 1.79 bits per heavy atom. The lowest BCUT2D eigenvalue weighted by atomic mass is 9.84. The van der Waals surface area contributed by atoms with Crippen LogP contribution in [0.2, 0.25) is 0 Å². The Morgan fingerprint density at radius 1 is 1.00 bits per heavy atom. The SMILES string of the molecule is CO/N=C/c1cnn2c(C3CCCCC3)c(-c3ccc(OCc4ccccc4)cc3)cnc12. The van der Waals surface area contributed by atoms with Gasteiger partial charge in [-0.25, -0.2) is 9.50 Å². The molecule has 0 spiro atoms. The summed E-state index contributed by atoms with van der Waals surface area (Å²) in [6, 6.07) is 18.5. The van der Waals surface area contributed by atoms with Crippen molar-refractivity contribution in [3.8, 4) is 16.9 Å². The largest absolute Gasteiger partial charge is 0.489 e. The minimum Gasteiger partial charge on any atom is -0.489 e. The molecule has 0 radical (unpaired) electrons. The highest BCUT2D eigenvalue weighted by molar-refractivity contribution is 5.87. The second kappa shape index (κ2) is 9.86. The molecule has 0 amide bonds. The number of fused-ring (bicyclic) bond motifs is 1. The van der Waals surface area contributed by atoms with E-state index in [2.05, 4.69) is 29.4 Å². The zero-order chi connectivity index (χ0) is 22.5. The van der Waals surface area contributed by atoms with Crippen molar-refractivity contribution in [3.63, 3.8) is 0 Å². The van der Waals surface area contributed by atoms with Crippen LogP contribution in [-0.4, -0.2) is 27.9 Å². The lowest BCUT2D eigenvalue weighted by Gasteiger charge is -2.25. The Hall–Kier alpha value is -3.67. The number of hydrogen-bond donors (Lipinski definition) is 0. The first-order valence-electron chi connectivity index (χ1n) is 11.5. The number of hydrogen-bond acceptors (Lipinski definition) is 5. The molecule has 168 valence electrons. The van der Waals surface area contributed by atoms with Crippen LogP contribution in [0, 0.1) is 0 Å². The molecule has 5 rings (SSSR count). The van der Waals surface area contributed by atoms with Crippen LogP contribution in [0.5, 0.6) is 5.75 Å². The molecular weight excluding hydrogens is 412 g/mol. The van der Waals surface area contributed by atoms with Crippen molar-refractivity contribution in [1.82, 2.24) is 14.6 Å². The van der Waals surface area contributed by atoms with Gasteiger partial charge in [0.1, 0.15) is 19.5 Å². The van der Waals surface area contributed by atoms with Crippen LogP contribution in [0.15, 0.2) is 72.1 Å². The molecule has 0 atom stereocenters. The molecule has 0 unspecified atom stereocenters. The first-order chi connectivity index (χ1) is 16.3. The van der Waals surface area contributed by atoms with E-state index in [9.17, 15) is 0 Å². The fraction of sp³-hybridized carbons (Fsp3) is 0.296. The zero-order valence-electron chi connectivity index (χ0n) is 18.9. The van der Waals surface area contributed by atoms with E-state index in [4.69, 9.17) is 19.7 Å². The van der Waals surface area contributed by atoms with E-state index >= 15 is 0 Å². The molecule has 2 aromatic carbocycles. The minimum atomic E-state index is 0.459. The molecule has 33 heavy (non-hydrogen) atoms. The van der Waals surface area contributed by atoms with Crippen molar-refractivity contribution in [3.05, 3.63) is 83.8 Å². The van der Waals surface area contributed by atoms with Gasteiger partial charge >= 0.3 is 0 Å². The topological polar surface area (TPSA) is 61.0 Å². The van der Waals surface area contributed by atoms with Crippen molar-refractivity contribution in [2.45, 2.75) is 44.6 Å². The lowest BCUT2D eigenvalue weighted by molar-refractivity contribution is 0.215. The summed E-state index contributed by atoms with van der Waals surface area (Å²) in [7, 11) is 1.54. The molecule has 0 aliphatic heterocycles. The van der Waals surface area contributed by atoms with Gasteiger partial charge in [-0.2, -0.15) is 5.10 Å². The highest BCUT2D eigenvalue weighted by Crippen LogP contribution is 2.38. The molecule has 0 saturated heterocycles. The fourth-order valence-corrected chi connectivity index (χ4v) is 4.63. The van der Waals surface area contributed by atoms with Gasteiger partial charge in [-0.3, -0.25) is 0 Å². The van der Waals surface area contributed by atoms with E-state index in [0.717, 1.165) is 33.7 Å². The van der Waals surface area contributed by atoms with Gasteiger partial charge in [0, 0.05) is 17.7 Å². The normalized spacial score (nSPS) is 14.7. The quantitative estimate of drug-likeness (QED) is 0.261. The van der Waals surface area contributed by atoms with E-state index in [1.165, 1.54) is 44.9 Å². The van der Waals surface area contributed by atoms with Crippen LogP contribution < -0.4 is 4.74 Å². The summed E-state index contributed by atoms with van der Waals surface area (Å²) in [5.41, 5.74) is 6.30. The Morgan fingerprint density at radius 3 is 2.55 bits per heavy atom. The third-order valence-corrected chi connectivity index (χ3v) is 6.29. The fourth-order valence-electron chi connectivity index (χ4n) is 4.63. The number of rotatable bonds is 7. The number of ether oxygens (including phenoxy) is 1. The highest BCUT2D eigenvalue weighted by Gasteiger charge is 2.24. The van der Waals surface area contributed by atoms with E-state index in [1.807, 2.05) is 47.2 Å². The molecule has 0 bridgehead atoms. The summed E-state index contributed by atoms with van der Waals surface area (Å²) in [5, 5.41) is 8.60. The molecule has 1 aliphatic carbocycles. The number of oxime groups is 1. The number of aromatic nitrogens is 3. The number of nitrogens with zero attached hydrogens (tertiary/aromatic N) is 4. The van der Waals surface area contributed by atoms with Crippen LogP contribution in [0.25, 0.3) is 16.8 Å². The van der Waals surface area contributed by atoms with Gasteiger partial charge in [-0.05, 0) is 36.1 Å². The van der Waals surface area contributed by atoms with Gasteiger partial charge in [0.2, 0.25) is 0 Å². The zero-order valence-corrected chi connectivity index (χ0v) is 18.9. The summed E-state index contributed by atoms with van der Waals surface area (Å²) < 4.78 is 7.98. The maximum Gasteiger partial charge on any atom is 0.164 e. The summed E-state index contributed by atoms with van der Waals surface area (Å²) in [6.45, 7) is 0.556. The van der Waals surface area contributed by atoms with Crippen LogP contribution in [0.1, 0.15) is 54.8 Å². The van der Waals surface area contributed by atoms with Gasteiger partial charge in [0.05, 0.1) is 23.7 Å². The maximum absolute atomic E-state index is 5.98. The second-order valence-corrected chi connectivity index (χ2v) is 8.44. The van der Waals surface area contributed by atoms with Crippen molar-refractivity contribution < 1.29 is 9.57 Å². The van der Waals surface area contributed by atoms with E-state index in [0.29, 0.717) is 12.5 Å². The third-order valence-electron chi connectivity index (χ3n) is 6.29. The molecule has 1 aliphatic rings. The molecule has 6 heteroatoms. The molecule has 0 N–H and O–H groups in total. The first-order valence-corrected chi connectivity index (χ1v) is 11.5. The molecule has 6 nitrogen and oxygen atoms in total. The van der Waals surface area contributed by atoms with Crippen LogP contribution >= 0.6 is 0 Å². The predicted molar refractivity (Wildman–Crippen MR) is 130 cm³/mol. The molecule has 1 saturated carbocycles. The van der Waals surface area contributed by atoms with Crippen molar-refractivity contribution in [2.24, 2.45) is 5.16 Å². The summed E-state index contributed by atoms with van der Waals surface area (Å²) in [6.07, 6.45) is 11.6. The highest BCUT2D eigenvalue weighted by atomic mass is 16.6. The average Bonchev–Trinajstić information content (AvgIpc) is 3.30. The van der Waals surface area contributed by atoms with Gasteiger partial charge < -0.3 is 9.57 Å². The Bertz CT molecular complexity index is 1230. The van der Waals surface area contributed by atoms with Gasteiger partial charge in [0.15, 0.2) is 5.65 Å². The standard InChI is InChI=1S/C27H28N4O2/c1-32-30-17-23-16-29-31-26(22-10-6-3-7-11-22)25(18-28-27(23)31)21-12-14-24(15-13-21)33-19-20-8-4-2-5-9-20/h2,4-5,8-9,12-18,22H,3,6-7,10-11,19H2,1H3/b30-17+. The van der Waals surface area contributed by atoms with Crippen molar-refractivity contribution in [1.29, 1.82) is 0 Å². The van der Waals surface area contributed by atoms with E-state index in [1.54, 1.807) is 6.21 Å². The first kappa shape index (κ1) is 21.2. The Balaban J connectivity index is 1.48. The third kappa shape index (κ3) is 4.60.